The summed E-state index contributed by atoms with van der Waals surface area (Å²) in [7, 11) is 0. The smallest absolute Gasteiger partial charge is 0.410 e. The number of hydrogen-bond acceptors (Lipinski definition) is 5. The van der Waals surface area contributed by atoms with E-state index in [9.17, 15) is 9.90 Å². The van der Waals surface area contributed by atoms with Gasteiger partial charge in [0.2, 0.25) is 0 Å². The minimum atomic E-state index is -0.902. The SMILES string of the molecule is CC(C)(C)OC(=O)N1CC(O)(Cc2cn3ccsc3n2)C1. The zero-order chi connectivity index (χ0) is 15.3. The molecule has 1 aliphatic rings. The number of ether oxygens (including phenoxy) is 1. The number of nitrogens with zero attached hydrogens (tertiary/aromatic N) is 3. The first-order chi connectivity index (χ1) is 9.74. The minimum absolute atomic E-state index is 0.285. The van der Waals surface area contributed by atoms with E-state index in [0.717, 1.165) is 10.7 Å². The van der Waals surface area contributed by atoms with Crippen molar-refractivity contribution in [3.63, 3.8) is 0 Å². The molecule has 114 valence electrons. The van der Waals surface area contributed by atoms with Gasteiger partial charge in [-0.2, -0.15) is 0 Å². The van der Waals surface area contributed by atoms with E-state index in [0.29, 0.717) is 6.42 Å². The third-order valence-electron chi connectivity index (χ3n) is 3.28. The Labute approximate surface area is 127 Å². The molecular weight excluding hydrogens is 290 g/mol. The van der Waals surface area contributed by atoms with Crippen LogP contribution in [0, 0.1) is 0 Å². The van der Waals surface area contributed by atoms with E-state index in [1.165, 1.54) is 4.90 Å². The summed E-state index contributed by atoms with van der Waals surface area (Å²) in [4.78, 5) is 18.7. The highest BCUT2D eigenvalue weighted by molar-refractivity contribution is 7.15. The van der Waals surface area contributed by atoms with Crippen LogP contribution in [0.2, 0.25) is 0 Å². The molecule has 0 saturated carbocycles. The van der Waals surface area contributed by atoms with Crippen molar-refractivity contribution in [3.8, 4) is 0 Å². The number of hydrogen-bond donors (Lipinski definition) is 1. The molecule has 0 unspecified atom stereocenters. The molecule has 1 aliphatic heterocycles. The van der Waals surface area contributed by atoms with E-state index in [1.807, 2.05) is 42.9 Å². The van der Waals surface area contributed by atoms with Crippen LogP contribution >= 0.6 is 11.3 Å². The molecule has 3 rings (SSSR count). The number of amides is 1. The number of carbonyl (C=O) groups is 1. The molecule has 1 fully saturated rings. The van der Waals surface area contributed by atoms with Gasteiger partial charge in [-0.05, 0) is 20.8 Å². The Morgan fingerprint density at radius 2 is 2.24 bits per heavy atom. The molecule has 2 aromatic heterocycles. The number of β-amino-alcohol motifs (C(OH)–C–C–N with tert-alkyl or cyclic N) is 1. The quantitative estimate of drug-likeness (QED) is 0.920. The fourth-order valence-electron chi connectivity index (χ4n) is 2.43. The number of aliphatic hydroxyl groups is 1. The second kappa shape index (κ2) is 4.71. The molecule has 6 nitrogen and oxygen atoms in total. The molecule has 7 heteroatoms. The van der Waals surface area contributed by atoms with Crippen LogP contribution < -0.4 is 0 Å². The third kappa shape index (κ3) is 3.03. The number of imidazole rings is 1. The molecule has 0 atom stereocenters. The highest BCUT2D eigenvalue weighted by Gasteiger charge is 2.45. The highest BCUT2D eigenvalue weighted by Crippen LogP contribution is 2.27. The van der Waals surface area contributed by atoms with Crippen molar-refractivity contribution in [2.24, 2.45) is 0 Å². The standard InChI is InChI=1S/C14H19N3O3S/c1-13(2,3)20-12(18)17-8-14(19,9-17)6-10-7-16-4-5-21-11(16)15-10/h4-5,7,19H,6,8-9H2,1-3H3. The zero-order valence-electron chi connectivity index (χ0n) is 12.4. The Morgan fingerprint density at radius 3 is 2.86 bits per heavy atom. The van der Waals surface area contributed by atoms with Crippen molar-refractivity contribution in [1.82, 2.24) is 14.3 Å². The first-order valence-corrected chi connectivity index (χ1v) is 7.73. The summed E-state index contributed by atoms with van der Waals surface area (Å²) >= 11 is 1.56. The molecule has 1 N–H and O–H groups in total. The Morgan fingerprint density at radius 1 is 1.52 bits per heavy atom. The molecule has 1 saturated heterocycles. The van der Waals surface area contributed by atoms with Gasteiger partial charge in [-0.3, -0.25) is 4.40 Å². The van der Waals surface area contributed by atoms with Gasteiger partial charge in [0.15, 0.2) is 4.96 Å². The van der Waals surface area contributed by atoms with Crippen molar-refractivity contribution >= 4 is 22.4 Å². The summed E-state index contributed by atoms with van der Waals surface area (Å²) < 4.78 is 7.22. The molecule has 3 heterocycles. The van der Waals surface area contributed by atoms with Gasteiger partial charge < -0.3 is 14.7 Å². The van der Waals surface area contributed by atoms with Crippen LogP contribution in [0.5, 0.6) is 0 Å². The van der Waals surface area contributed by atoms with Crippen molar-refractivity contribution in [3.05, 3.63) is 23.5 Å². The summed E-state index contributed by atoms with van der Waals surface area (Å²) in [5.74, 6) is 0. The van der Waals surface area contributed by atoms with E-state index in [1.54, 1.807) is 11.3 Å². The van der Waals surface area contributed by atoms with Crippen molar-refractivity contribution < 1.29 is 14.6 Å². The van der Waals surface area contributed by atoms with E-state index >= 15 is 0 Å². The van der Waals surface area contributed by atoms with Crippen LogP contribution in [0.1, 0.15) is 26.5 Å². The first kappa shape index (κ1) is 14.3. The number of fused-ring (bicyclic) bond motifs is 1. The van der Waals surface area contributed by atoms with Gasteiger partial charge in [0.1, 0.15) is 11.2 Å². The van der Waals surface area contributed by atoms with Crippen LogP contribution in [0.25, 0.3) is 4.96 Å². The second-order valence-electron chi connectivity index (χ2n) is 6.56. The molecule has 0 bridgehead atoms. The number of thiazole rings is 1. The molecular formula is C14H19N3O3S. The third-order valence-corrected chi connectivity index (χ3v) is 4.05. The zero-order valence-corrected chi connectivity index (χ0v) is 13.2. The molecule has 1 amide bonds. The summed E-state index contributed by atoms with van der Waals surface area (Å²) in [5.41, 5.74) is -0.576. The van der Waals surface area contributed by atoms with E-state index in [2.05, 4.69) is 4.98 Å². The fourth-order valence-corrected chi connectivity index (χ4v) is 3.15. The average Bonchev–Trinajstić information content (AvgIpc) is 2.83. The lowest BCUT2D eigenvalue weighted by Gasteiger charge is -2.46. The van der Waals surface area contributed by atoms with Crippen LogP contribution in [-0.4, -0.2) is 49.8 Å². The van der Waals surface area contributed by atoms with Crippen molar-refractivity contribution in [2.75, 3.05) is 13.1 Å². The predicted octanol–water partition coefficient (Wildman–Crippen LogP) is 1.92. The van der Waals surface area contributed by atoms with Crippen LogP contribution in [0.3, 0.4) is 0 Å². The maximum absolute atomic E-state index is 11.9. The Balaban J connectivity index is 1.58. The molecule has 0 aromatic carbocycles. The van der Waals surface area contributed by atoms with Gasteiger partial charge in [0, 0.05) is 24.2 Å². The molecule has 0 aliphatic carbocycles. The second-order valence-corrected chi connectivity index (χ2v) is 7.44. The predicted molar refractivity (Wildman–Crippen MR) is 79.5 cm³/mol. The maximum Gasteiger partial charge on any atom is 0.410 e. The maximum atomic E-state index is 11.9. The molecule has 21 heavy (non-hydrogen) atoms. The van der Waals surface area contributed by atoms with Crippen LogP contribution in [-0.2, 0) is 11.2 Å². The molecule has 0 spiro atoms. The Kier molecular flexibility index (Phi) is 3.22. The van der Waals surface area contributed by atoms with Gasteiger partial charge in [-0.1, -0.05) is 0 Å². The van der Waals surface area contributed by atoms with Crippen LogP contribution in [0.15, 0.2) is 17.8 Å². The monoisotopic (exact) mass is 309 g/mol. The van der Waals surface area contributed by atoms with Gasteiger partial charge in [-0.15, -0.1) is 11.3 Å². The van der Waals surface area contributed by atoms with Gasteiger partial charge in [0.25, 0.3) is 0 Å². The van der Waals surface area contributed by atoms with Gasteiger partial charge in [0.05, 0.1) is 18.8 Å². The van der Waals surface area contributed by atoms with Crippen molar-refractivity contribution in [2.45, 2.75) is 38.4 Å². The Bertz CT molecular complexity index is 636. The normalized spacial score (nSPS) is 17.8. The summed E-state index contributed by atoms with van der Waals surface area (Å²) in [6, 6.07) is 0. The van der Waals surface area contributed by atoms with Crippen molar-refractivity contribution in [1.29, 1.82) is 0 Å². The summed E-state index contributed by atoms with van der Waals surface area (Å²) in [6.07, 6.45) is 3.92. The highest BCUT2D eigenvalue weighted by atomic mass is 32.1. The Hall–Kier alpha value is -1.60. The number of aromatic nitrogens is 2. The van der Waals surface area contributed by atoms with Gasteiger partial charge in [-0.25, -0.2) is 9.78 Å². The molecule has 0 radical (unpaired) electrons. The van der Waals surface area contributed by atoms with Gasteiger partial charge >= 0.3 is 6.09 Å². The van der Waals surface area contributed by atoms with E-state index in [-0.39, 0.29) is 19.2 Å². The van der Waals surface area contributed by atoms with E-state index in [4.69, 9.17) is 4.74 Å². The molecule has 2 aromatic rings. The summed E-state index contributed by atoms with van der Waals surface area (Å²) in [5, 5.41) is 12.4. The lowest BCUT2D eigenvalue weighted by Crippen LogP contribution is -2.65. The largest absolute Gasteiger partial charge is 0.444 e. The topological polar surface area (TPSA) is 67.1 Å². The van der Waals surface area contributed by atoms with Crippen LogP contribution in [0.4, 0.5) is 4.79 Å². The first-order valence-electron chi connectivity index (χ1n) is 6.86. The van der Waals surface area contributed by atoms with E-state index < -0.39 is 11.2 Å². The number of likely N-dealkylation sites (tertiary alicyclic amines) is 1. The minimum Gasteiger partial charge on any atom is -0.444 e. The lowest BCUT2D eigenvalue weighted by atomic mass is 9.89. The number of rotatable bonds is 2. The summed E-state index contributed by atoms with van der Waals surface area (Å²) in [6.45, 7) is 6.05. The number of carbonyl (C=O) groups excluding carboxylic acids is 1. The average molecular weight is 309 g/mol. The fraction of sp³-hybridized carbons (Fsp3) is 0.571. The lowest BCUT2D eigenvalue weighted by molar-refractivity contribution is -0.0977.